The Labute approximate surface area is 122 Å². The smallest absolute Gasteiger partial charge is 0.183 e. The van der Waals surface area contributed by atoms with Crippen molar-refractivity contribution in [3.05, 3.63) is 23.2 Å². The Morgan fingerprint density at radius 1 is 1.53 bits per heavy atom. The molecule has 0 saturated heterocycles. The lowest BCUT2D eigenvalue weighted by atomic mass is 10.3. The standard InChI is InChI=1S/C14H18ClN3S/c1-9(18(2)10-6-7-10)8-16-14-17-12-5-3-4-11(15)13(12)19-14/h3-5,9-10H,6-8H2,1-2H3,(H,16,17). The second-order valence-electron chi connectivity index (χ2n) is 5.23. The molecule has 1 aromatic heterocycles. The van der Waals surface area contributed by atoms with Crippen LogP contribution in [0.4, 0.5) is 5.13 Å². The zero-order chi connectivity index (χ0) is 13.4. The highest BCUT2D eigenvalue weighted by Crippen LogP contribution is 2.32. The highest BCUT2D eigenvalue weighted by atomic mass is 35.5. The zero-order valence-electron chi connectivity index (χ0n) is 11.2. The first-order valence-electron chi connectivity index (χ1n) is 6.66. The number of thiazole rings is 1. The van der Waals surface area contributed by atoms with Crippen LogP contribution in [0.25, 0.3) is 10.2 Å². The molecule has 1 atom stereocenters. The monoisotopic (exact) mass is 295 g/mol. The van der Waals surface area contributed by atoms with E-state index in [1.165, 1.54) is 12.8 Å². The number of hydrogen-bond acceptors (Lipinski definition) is 4. The molecule has 5 heteroatoms. The van der Waals surface area contributed by atoms with Crippen LogP contribution in [-0.4, -0.2) is 35.6 Å². The highest BCUT2D eigenvalue weighted by Gasteiger charge is 2.28. The summed E-state index contributed by atoms with van der Waals surface area (Å²) in [7, 11) is 2.21. The molecule has 3 nitrogen and oxygen atoms in total. The summed E-state index contributed by atoms with van der Waals surface area (Å²) in [5.74, 6) is 0. The number of nitrogens with zero attached hydrogens (tertiary/aromatic N) is 2. The Bertz CT molecular complexity index is 579. The molecule has 1 aliphatic rings. The molecule has 0 amide bonds. The average molecular weight is 296 g/mol. The van der Waals surface area contributed by atoms with Crippen LogP contribution in [0, 0.1) is 0 Å². The number of rotatable bonds is 5. The lowest BCUT2D eigenvalue weighted by molar-refractivity contribution is 0.257. The van der Waals surface area contributed by atoms with Crippen LogP contribution >= 0.6 is 22.9 Å². The van der Waals surface area contributed by atoms with Crippen LogP contribution in [0.1, 0.15) is 19.8 Å². The van der Waals surface area contributed by atoms with E-state index in [1.807, 2.05) is 18.2 Å². The molecule has 1 aromatic carbocycles. The fourth-order valence-corrected chi connectivity index (χ4v) is 3.37. The number of aromatic nitrogens is 1. The quantitative estimate of drug-likeness (QED) is 0.908. The molecule has 0 aliphatic heterocycles. The second kappa shape index (κ2) is 5.27. The number of nitrogens with one attached hydrogen (secondary N) is 1. The molecular formula is C14H18ClN3S. The fourth-order valence-electron chi connectivity index (χ4n) is 2.21. The SMILES string of the molecule is CC(CNc1nc2cccc(Cl)c2s1)N(C)C1CC1. The number of likely N-dealkylation sites (N-methyl/N-ethyl adjacent to an activating group) is 1. The minimum atomic E-state index is 0.523. The van der Waals surface area contributed by atoms with E-state index in [9.17, 15) is 0 Å². The minimum Gasteiger partial charge on any atom is -0.360 e. The first-order chi connectivity index (χ1) is 9.15. The lowest BCUT2D eigenvalue weighted by Gasteiger charge is -2.24. The number of benzene rings is 1. The van der Waals surface area contributed by atoms with E-state index in [0.29, 0.717) is 6.04 Å². The molecule has 0 spiro atoms. The molecule has 19 heavy (non-hydrogen) atoms. The minimum absolute atomic E-state index is 0.523. The highest BCUT2D eigenvalue weighted by molar-refractivity contribution is 7.22. The number of fused-ring (bicyclic) bond motifs is 1. The van der Waals surface area contributed by atoms with Crippen LogP contribution in [0.3, 0.4) is 0 Å². The van der Waals surface area contributed by atoms with Gasteiger partial charge >= 0.3 is 0 Å². The van der Waals surface area contributed by atoms with E-state index >= 15 is 0 Å². The molecule has 1 saturated carbocycles. The van der Waals surface area contributed by atoms with Crippen molar-refractivity contribution in [1.82, 2.24) is 9.88 Å². The van der Waals surface area contributed by atoms with Gasteiger partial charge in [-0.2, -0.15) is 0 Å². The maximum Gasteiger partial charge on any atom is 0.183 e. The second-order valence-corrected chi connectivity index (χ2v) is 6.64. The van der Waals surface area contributed by atoms with Crippen molar-refractivity contribution in [3.8, 4) is 0 Å². The van der Waals surface area contributed by atoms with Crippen molar-refractivity contribution >= 4 is 38.3 Å². The molecule has 102 valence electrons. The maximum atomic E-state index is 6.17. The first kappa shape index (κ1) is 13.2. The Balaban J connectivity index is 1.66. The Kier molecular flexibility index (Phi) is 3.65. The van der Waals surface area contributed by atoms with Gasteiger partial charge in [0.2, 0.25) is 0 Å². The Morgan fingerprint density at radius 2 is 2.32 bits per heavy atom. The van der Waals surface area contributed by atoms with Gasteiger partial charge in [0, 0.05) is 18.6 Å². The van der Waals surface area contributed by atoms with E-state index in [1.54, 1.807) is 11.3 Å². The number of anilines is 1. The predicted molar refractivity (Wildman–Crippen MR) is 83.4 cm³/mol. The van der Waals surface area contributed by atoms with Crippen LogP contribution in [0.2, 0.25) is 5.02 Å². The summed E-state index contributed by atoms with van der Waals surface area (Å²) < 4.78 is 1.06. The molecule has 1 fully saturated rings. The third-order valence-electron chi connectivity index (χ3n) is 3.73. The van der Waals surface area contributed by atoms with Crippen molar-refractivity contribution in [2.24, 2.45) is 0 Å². The van der Waals surface area contributed by atoms with Gasteiger partial charge in [-0.05, 0) is 38.9 Å². The summed E-state index contributed by atoms with van der Waals surface area (Å²) in [5.41, 5.74) is 0.975. The van der Waals surface area contributed by atoms with Crippen LogP contribution in [-0.2, 0) is 0 Å². The van der Waals surface area contributed by atoms with Gasteiger partial charge in [-0.25, -0.2) is 4.98 Å². The van der Waals surface area contributed by atoms with E-state index in [-0.39, 0.29) is 0 Å². The maximum absolute atomic E-state index is 6.17. The lowest BCUT2D eigenvalue weighted by Crippen LogP contribution is -2.36. The van der Waals surface area contributed by atoms with Gasteiger partial charge in [0.15, 0.2) is 5.13 Å². The summed E-state index contributed by atoms with van der Waals surface area (Å²) in [5, 5.41) is 5.17. The van der Waals surface area contributed by atoms with Gasteiger partial charge < -0.3 is 5.32 Å². The molecule has 1 N–H and O–H groups in total. The predicted octanol–water partition coefficient (Wildman–Crippen LogP) is 3.84. The molecule has 0 bridgehead atoms. The first-order valence-corrected chi connectivity index (χ1v) is 7.85. The van der Waals surface area contributed by atoms with Crippen molar-refractivity contribution in [3.63, 3.8) is 0 Å². The summed E-state index contributed by atoms with van der Waals surface area (Å²) in [4.78, 5) is 7.02. The Hall–Kier alpha value is -0.840. The van der Waals surface area contributed by atoms with Crippen molar-refractivity contribution in [2.45, 2.75) is 31.8 Å². The summed E-state index contributed by atoms with van der Waals surface area (Å²) in [6, 6.07) is 7.17. The van der Waals surface area contributed by atoms with Crippen molar-refractivity contribution in [2.75, 3.05) is 18.9 Å². The van der Waals surface area contributed by atoms with Crippen molar-refractivity contribution in [1.29, 1.82) is 0 Å². The van der Waals surface area contributed by atoms with Crippen LogP contribution in [0.5, 0.6) is 0 Å². The van der Waals surface area contributed by atoms with Gasteiger partial charge in [-0.15, -0.1) is 0 Å². The topological polar surface area (TPSA) is 28.2 Å². The molecule has 2 aromatic rings. The largest absolute Gasteiger partial charge is 0.360 e. The summed E-state index contributed by atoms with van der Waals surface area (Å²) in [6.45, 7) is 3.18. The molecule has 1 aliphatic carbocycles. The molecule has 1 heterocycles. The van der Waals surface area contributed by atoms with E-state index in [0.717, 1.165) is 33.0 Å². The van der Waals surface area contributed by atoms with Gasteiger partial charge in [0.05, 0.1) is 15.2 Å². The van der Waals surface area contributed by atoms with Crippen LogP contribution < -0.4 is 5.32 Å². The Morgan fingerprint density at radius 3 is 3.00 bits per heavy atom. The number of hydrogen-bond donors (Lipinski definition) is 1. The van der Waals surface area contributed by atoms with Crippen LogP contribution in [0.15, 0.2) is 18.2 Å². The average Bonchev–Trinajstić information content (AvgIpc) is 3.16. The van der Waals surface area contributed by atoms with Crippen molar-refractivity contribution < 1.29 is 0 Å². The van der Waals surface area contributed by atoms with Gasteiger partial charge in [-0.3, -0.25) is 4.90 Å². The molecule has 0 radical (unpaired) electrons. The number of halogens is 1. The van der Waals surface area contributed by atoms with Gasteiger partial charge in [0.1, 0.15) is 0 Å². The third kappa shape index (κ3) is 2.86. The van der Waals surface area contributed by atoms with Gasteiger partial charge in [-0.1, -0.05) is 29.0 Å². The zero-order valence-corrected chi connectivity index (χ0v) is 12.8. The molecular weight excluding hydrogens is 278 g/mol. The summed E-state index contributed by atoms with van der Waals surface area (Å²) in [6.07, 6.45) is 2.69. The fraction of sp³-hybridized carbons (Fsp3) is 0.500. The molecule has 3 rings (SSSR count). The normalized spacial score (nSPS) is 17.1. The van der Waals surface area contributed by atoms with E-state index in [4.69, 9.17) is 11.6 Å². The van der Waals surface area contributed by atoms with Gasteiger partial charge in [0.25, 0.3) is 0 Å². The van der Waals surface area contributed by atoms with E-state index < -0.39 is 0 Å². The molecule has 1 unspecified atom stereocenters. The third-order valence-corrected chi connectivity index (χ3v) is 5.22. The van der Waals surface area contributed by atoms with E-state index in [2.05, 4.69) is 29.2 Å². The summed E-state index contributed by atoms with van der Waals surface area (Å²) >= 11 is 7.80.